The predicted octanol–water partition coefficient (Wildman–Crippen LogP) is 1.59. The van der Waals surface area contributed by atoms with Gasteiger partial charge in [-0.25, -0.2) is 0 Å². The third kappa shape index (κ3) is 5.18. The summed E-state index contributed by atoms with van der Waals surface area (Å²) >= 11 is 0. The molecule has 0 aromatic heterocycles. The Balaban J connectivity index is 4.65. The molecule has 0 aromatic rings. The van der Waals surface area contributed by atoms with Crippen LogP contribution in [0.15, 0.2) is 17.3 Å². The summed E-state index contributed by atoms with van der Waals surface area (Å²) in [6.07, 6.45) is 3.83. The summed E-state index contributed by atoms with van der Waals surface area (Å²) in [5.41, 5.74) is -0.0684. The Morgan fingerprint density at radius 2 is 2.20 bits per heavy atom. The molecule has 0 atom stereocenters. The lowest BCUT2D eigenvalue weighted by Crippen LogP contribution is -2.15. The van der Waals surface area contributed by atoms with Gasteiger partial charge in [0.25, 0.3) is 0 Å². The Hall–Kier alpha value is -1.35. The van der Waals surface area contributed by atoms with Crippen LogP contribution in [0.1, 0.15) is 27.2 Å². The van der Waals surface area contributed by atoms with Crippen molar-refractivity contribution in [2.45, 2.75) is 32.4 Å². The third-order valence-corrected chi connectivity index (χ3v) is 2.88. The lowest BCUT2D eigenvalue weighted by molar-refractivity contribution is 0.335. The van der Waals surface area contributed by atoms with E-state index >= 15 is 0 Å². The minimum atomic E-state index is -3.70. The Morgan fingerprint density at radius 3 is 2.60 bits per heavy atom. The fraction of sp³-hybridized carbons (Fsp3) is 0.556. The van der Waals surface area contributed by atoms with Crippen LogP contribution in [-0.2, 0) is 14.4 Å². The Morgan fingerprint density at radius 1 is 1.60 bits per heavy atom. The second kappa shape index (κ2) is 6.19. The summed E-state index contributed by atoms with van der Waals surface area (Å²) in [5, 5.41) is 11.2. The minimum absolute atomic E-state index is 0.0684. The van der Waals surface area contributed by atoms with E-state index < -0.39 is 15.4 Å². The van der Waals surface area contributed by atoms with Gasteiger partial charge in [0.05, 0.1) is 5.25 Å². The molecule has 84 valence electrons. The summed E-state index contributed by atoms with van der Waals surface area (Å²) < 4.78 is 26.7. The van der Waals surface area contributed by atoms with Crippen LogP contribution in [0.25, 0.3) is 0 Å². The van der Waals surface area contributed by atoms with Crippen molar-refractivity contribution in [2.24, 2.45) is 5.16 Å². The Kier molecular flexibility index (Phi) is 5.64. The van der Waals surface area contributed by atoms with Gasteiger partial charge in [0.2, 0.25) is 0 Å². The molecular weight excluding hydrogens is 216 g/mol. The summed E-state index contributed by atoms with van der Waals surface area (Å²) in [7, 11) is -3.70. The number of nitrogens with zero attached hydrogens (tertiary/aromatic N) is 2. The Bertz CT molecular complexity index is 388. The van der Waals surface area contributed by atoms with Crippen molar-refractivity contribution in [1.29, 1.82) is 5.26 Å². The first-order valence-corrected chi connectivity index (χ1v) is 5.98. The normalized spacial score (nSPS) is 13.1. The van der Waals surface area contributed by atoms with Gasteiger partial charge < -0.3 is 0 Å². The first-order chi connectivity index (χ1) is 6.94. The van der Waals surface area contributed by atoms with Gasteiger partial charge in [0.15, 0.2) is 5.71 Å². The van der Waals surface area contributed by atoms with Crippen molar-refractivity contribution in [2.75, 3.05) is 0 Å². The van der Waals surface area contributed by atoms with Gasteiger partial charge in [-0.15, -0.1) is 0 Å². The van der Waals surface area contributed by atoms with Crippen LogP contribution in [0.4, 0.5) is 0 Å². The molecule has 0 fully saturated rings. The molecule has 0 N–H and O–H groups in total. The molecule has 15 heavy (non-hydrogen) atoms. The van der Waals surface area contributed by atoms with Crippen LogP contribution < -0.4 is 0 Å². The van der Waals surface area contributed by atoms with Crippen LogP contribution in [0, 0.1) is 11.3 Å². The molecule has 0 aliphatic heterocycles. The molecule has 0 spiro atoms. The lowest BCUT2D eigenvalue weighted by Gasteiger charge is -2.02. The highest BCUT2D eigenvalue weighted by Crippen LogP contribution is 2.03. The number of nitriles is 1. The van der Waals surface area contributed by atoms with Gasteiger partial charge in [-0.05, 0) is 26.3 Å². The smallest absolute Gasteiger partial charge is 0.267 e. The zero-order valence-corrected chi connectivity index (χ0v) is 9.78. The first-order valence-electron chi connectivity index (χ1n) is 4.51. The Labute approximate surface area is 90.2 Å². The van der Waals surface area contributed by atoms with Crippen LogP contribution in [-0.4, -0.2) is 19.4 Å². The standard InChI is InChI=1S/C9H14N2O3S/c1-4-5-6-9(7-10)11-14-15(12,13)8(2)3/h5-6,8H,4H2,1-3H3. The summed E-state index contributed by atoms with van der Waals surface area (Å²) in [5.74, 6) is 0. The highest BCUT2D eigenvalue weighted by molar-refractivity contribution is 7.87. The topological polar surface area (TPSA) is 79.5 Å². The molecule has 5 nitrogen and oxygen atoms in total. The van der Waals surface area contributed by atoms with E-state index in [1.165, 1.54) is 19.9 Å². The highest BCUT2D eigenvalue weighted by atomic mass is 32.2. The summed E-state index contributed by atoms with van der Waals surface area (Å²) in [6.45, 7) is 4.83. The van der Waals surface area contributed by atoms with Crippen molar-refractivity contribution in [1.82, 2.24) is 0 Å². The quantitative estimate of drug-likeness (QED) is 0.530. The molecule has 0 heterocycles. The van der Waals surface area contributed by atoms with Gasteiger partial charge >= 0.3 is 10.1 Å². The molecule has 0 rings (SSSR count). The van der Waals surface area contributed by atoms with Crippen LogP contribution >= 0.6 is 0 Å². The van der Waals surface area contributed by atoms with E-state index in [0.717, 1.165) is 6.42 Å². The van der Waals surface area contributed by atoms with Crippen LogP contribution in [0.5, 0.6) is 0 Å². The number of hydrogen-bond acceptors (Lipinski definition) is 5. The van der Waals surface area contributed by atoms with E-state index in [1.54, 1.807) is 12.1 Å². The maximum atomic E-state index is 11.2. The van der Waals surface area contributed by atoms with Crippen molar-refractivity contribution in [3.8, 4) is 6.07 Å². The zero-order valence-electron chi connectivity index (χ0n) is 8.97. The van der Waals surface area contributed by atoms with E-state index in [2.05, 4.69) is 9.44 Å². The maximum Gasteiger partial charge on any atom is 0.330 e. The number of rotatable bonds is 5. The summed E-state index contributed by atoms with van der Waals surface area (Å²) in [4.78, 5) is 0. The zero-order chi connectivity index (χ0) is 11.9. The molecule has 6 heteroatoms. The molecule has 0 aliphatic rings. The molecule has 0 saturated carbocycles. The minimum Gasteiger partial charge on any atom is -0.267 e. The van der Waals surface area contributed by atoms with Gasteiger partial charge in [-0.1, -0.05) is 18.2 Å². The van der Waals surface area contributed by atoms with Gasteiger partial charge in [0.1, 0.15) is 6.07 Å². The molecule has 0 bridgehead atoms. The van der Waals surface area contributed by atoms with E-state index in [1.807, 2.05) is 6.92 Å². The van der Waals surface area contributed by atoms with E-state index in [9.17, 15) is 8.42 Å². The first kappa shape index (κ1) is 13.7. The van der Waals surface area contributed by atoms with E-state index in [-0.39, 0.29) is 5.71 Å². The van der Waals surface area contributed by atoms with Gasteiger partial charge in [-0.2, -0.15) is 13.7 Å². The fourth-order valence-electron chi connectivity index (χ4n) is 0.496. The predicted molar refractivity (Wildman–Crippen MR) is 57.6 cm³/mol. The van der Waals surface area contributed by atoms with Gasteiger partial charge in [-0.3, -0.25) is 4.28 Å². The molecule has 0 amide bonds. The summed E-state index contributed by atoms with van der Waals surface area (Å²) in [6, 6.07) is 1.72. The highest BCUT2D eigenvalue weighted by Gasteiger charge is 2.17. The molecule has 0 radical (unpaired) electrons. The molecule has 0 saturated heterocycles. The molecular formula is C9H14N2O3S. The second-order valence-electron chi connectivity index (χ2n) is 3.02. The maximum absolute atomic E-state index is 11.2. The number of allylic oxidation sites excluding steroid dienone is 2. The van der Waals surface area contributed by atoms with Crippen LogP contribution in [0.3, 0.4) is 0 Å². The van der Waals surface area contributed by atoms with E-state index in [4.69, 9.17) is 5.26 Å². The fourth-order valence-corrected chi connectivity index (χ4v) is 0.852. The molecule has 0 aliphatic carbocycles. The van der Waals surface area contributed by atoms with Crippen molar-refractivity contribution < 1.29 is 12.7 Å². The largest absolute Gasteiger partial charge is 0.330 e. The van der Waals surface area contributed by atoms with E-state index in [0.29, 0.717) is 0 Å². The average Bonchev–Trinajstić information content (AvgIpc) is 2.18. The van der Waals surface area contributed by atoms with Crippen molar-refractivity contribution >= 4 is 15.8 Å². The molecule has 0 aromatic carbocycles. The van der Waals surface area contributed by atoms with Gasteiger partial charge in [0, 0.05) is 0 Å². The number of hydrogen-bond donors (Lipinski definition) is 0. The van der Waals surface area contributed by atoms with Crippen molar-refractivity contribution in [3.63, 3.8) is 0 Å². The molecule has 0 unspecified atom stereocenters. The van der Waals surface area contributed by atoms with Crippen molar-refractivity contribution in [3.05, 3.63) is 12.2 Å². The lowest BCUT2D eigenvalue weighted by atomic mass is 10.3. The number of oxime groups is 1. The van der Waals surface area contributed by atoms with Crippen LogP contribution in [0.2, 0.25) is 0 Å². The monoisotopic (exact) mass is 230 g/mol. The second-order valence-corrected chi connectivity index (χ2v) is 5.09. The SMILES string of the molecule is CCC=CC(C#N)=NOS(=O)(=O)C(C)C. The average molecular weight is 230 g/mol. The third-order valence-electron chi connectivity index (χ3n) is 1.44.